The van der Waals surface area contributed by atoms with Crippen LogP contribution in [0.15, 0.2) is 40.7 Å². The quantitative estimate of drug-likeness (QED) is 0.478. The molecule has 0 spiro atoms. The fourth-order valence-corrected chi connectivity index (χ4v) is 7.07. The Hall–Kier alpha value is -3.30. The van der Waals surface area contributed by atoms with E-state index >= 15 is 0 Å². The van der Waals surface area contributed by atoms with Gasteiger partial charge in [0.25, 0.3) is 10.0 Å². The Bertz CT molecular complexity index is 1460. The van der Waals surface area contributed by atoms with E-state index in [0.29, 0.717) is 34.7 Å². The lowest BCUT2D eigenvalue weighted by atomic mass is 9.97. The molecule has 5 rings (SSSR count). The van der Waals surface area contributed by atoms with Crippen LogP contribution in [-0.2, 0) is 34.0 Å². The Kier molecular flexibility index (Phi) is 6.29. The Morgan fingerprint density at radius 3 is 2.89 bits per heavy atom. The standard InChI is InChI=1S/C24H22N4O5S2/c25-12-17-10-15(6-8-26-17)19-5-4-14-2-1-3-18(14)22(19)27-24(30)28-35(31,32)21-11-16-7-9-33-20(13-29)23(16)34-21/h4-6,8,10-11,20,29H,1-3,7,9,13H2,(H2,27,28,30). The van der Waals surface area contributed by atoms with Gasteiger partial charge in [0.15, 0.2) is 0 Å². The van der Waals surface area contributed by atoms with Crippen LogP contribution in [0.25, 0.3) is 11.1 Å². The molecule has 2 amide bonds. The number of nitriles is 1. The summed E-state index contributed by atoms with van der Waals surface area (Å²) in [5, 5.41) is 21.5. The number of nitrogens with one attached hydrogen (secondary N) is 2. The monoisotopic (exact) mass is 510 g/mol. The molecule has 0 saturated carbocycles. The van der Waals surface area contributed by atoms with Crippen LogP contribution in [-0.4, -0.2) is 37.8 Å². The smallest absolute Gasteiger partial charge is 0.333 e. The number of aliphatic hydroxyl groups excluding tert-OH is 1. The fourth-order valence-electron chi connectivity index (χ4n) is 4.56. The molecule has 0 saturated heterocycles. The molecule has 3 heterocycles. The average Bonchev–Trinajstić information content (AvgIpc) is 3.51. The Labute approximate surface area is 206 Å². The van der Waals surface area contributed by atoms with E-state index < -0.39 is 22.2 Å². The maximum absolute atomic E-state index is 13.0. The molecule has 1 aromatic carbocycles. The van der Waals surface area contributed by atoms with Crippen LogP contribution in [0.1, 0.15) is 39.8 Å². The van der Waals surface area contributed by atoms with Crippen molar-refractivity contribution in [3.63, 3.8) is 0 Å². The predicted molar refractivity (Wildman–Crippen MR) is 130 cm³/mol. The van der Waals surface area contributed by atoms with E-state index in [0.717, 1.165) is 47.3 Å². The van der Waals surface area contributed by atoms with E-state index in [1.54, 1.807) is 12.1 Å². The summed E-state index contributed by atoms with van der Waals surface area (Å²) in [5.74, 6) is 0. The number of urea groups is 1. The van der Waals surface area contributed by atoms with Crippen molar-refractivity contribution in [1.29, 1.82) is 5.26 Å². The maximum Gasteiger partial charge on any atom is 0.333 e. The number of anilines is 1. The zero-order valence-electron chi connectivity index (χ0n) is 18.6. The number of carbonyl (C=O) groups excluding carboxylic acids is 1. The van der Waals surface area contributed by atoms with Gasteiger partial charge in [-0.05, 0) is 66.1 Å². The molecule has 11 heteroatoms. The number of carbonyl (C=O) groups is 1. The van der Waals surface area contributed by atoms with Crippen molar-refractivity contribution in [2.24, 2.45) is 0 Å². The van der Waals surface area contributed by atoms with Crippen LogP contribution in [0.2, 0.25) is 0 Å². The van der Waals surface area contributed by atoms with E-state index in [1.165, 1.54) is 12.3 Å². The van der Waals surface area contributed by atoms with E-state index in [1.807, 2.05) is 18.2 Å². The number of nitrogens with zero attached hydrogens (tertiary/aromatic N) is 2. The van der Waals surface area contributed by atoms with E-state index in [2.05, 4.69) is 15.0 Å². The van der Waals surface area contributed by atoms with Crippen LogP contribution in [0.3, 0.4) is 0 Å². The first-order chi connectivity index (χ1) is 16.9. The lowest BCUT2D eigenvalue weighted by Gasteiger charge is -2.20. The highest BCUT2D eigenvalue weighted by Gasteiger charge is 2.29. The van der Waals surface area contributed by atoms with Gasteiger partial charge in [0.1, 0.15) is 22.1 Å². The summed E-state index contributed by atoms with van der Waals surface area (Å²) in [6, 6.07) is 9.92. The summed E-state index contributed by atoms with van der Waals surface area (Å²) in [7, 11) is -4.14. The molecule has 0 radical (unpaired) electrons. The highest BCUT2D eigenvalue weighted by Crippen LogP contribution is 2.38. The highest BCUT2D eigenvalue weighted by atomic mass is 32.2. The number of hydrogen-bond donors (Lipinski definition) is 3. The van der Waals surface area contributed by atoms with Gasteiger partial charge in [0.2, 0.25) is 0 Å². The van der Waals surface area contributed by atoms with Crippen LogP contribution in [0.5, 0.6) is 0 Å². The molecular weight excluding hydrogens is 488 g/mol. The minimum Gasteiger partial charge on any atom is -0.393 e. The molecule has 35 heavy (non-hydrogen) atoms. The summed E-state index contributed by atoms with van der Waals surface area (Å²) >= 11 is 0.994. The second-order valence-corrected chi connectivity index (χ2v) is 11.3. The number of aryl methyl sites for hydroxylation is 1. The van der Waals surface area contributed by atoms with Gasteiger partial charge in [-0.25, -0.2) is 22.9 Å². The predicted octanol–water partition coefficient (Wildman–Crippen LogP) is 3.29. The number of thiophene rings is 1. The fraction of sp³-hybridized carbons (Fsp3) is 0.292. The number of hydrogen-bond acceptors (Lipinski definition) is 8. The van der Waals surface area contributed by atoms with Crippen LogP contribution in [0, 0.1) is 11.3 Å². The van der Waals surface area contributed by atoms with Crippen molar-refractivity contribution in [3.05, 3.63) is 63.8 Å². The van der Waals surface area contributed by atoms with Gasteiger partial charge in [0.05, 0.1) is 18.9 Å². The third kappa shape index (κ3) is 4.53. The highest BCUT2D eigenvalue weighted by molar-refractivity contribution is 7.92. The third-order valence-corrected chi connectivity index (χ3v) is 9.24. The molecule has 1 unspecified atom stereocenters. The van der Waals surface area contributed by atoms with Crippen molar-refractivity contribution < 1.29 is 23.1 Å². The molecule has 2 aromatic heterocycles. The molecule has 1 atom stereocenters. The summed E-state index contributed by atoms with van der Waals surface area (Å²) in [4.78, 5) is 17.6. The summed E-state index contributed by atoms with van der Waals surface area (Å²) in [6.45, 7) is 0.151. The number of aromatic nitrogens is 1. The molecule has 9 nitrogen and oxygen atoms in total. The number of benzene rings is 1. The minimum atomic E-state index is -4.14. The van der Waals surface area contributed by atoms with Gasteiger partial charge in [-0.15, -0.1) is 11.3 Å². The molecule has 0 bridgehead atoms. The number of fused-ring (bicyclic) bond motifs is 2. The lowest BCUT2D eigenvalue weighted by molar-refractivity contribution is 0.00589. The van der Waals surface area contributed by atoms with Gasteiger partial charge in [-0.2, -0.15) is 5.26 Å². The van der Waals surface area contributed by atoms with Crippen molar-refractivity contribution in [2.45, 2.75) is 36.0 Å². The number of aliphatic hydroxyl groups is 1. The molecular formula is C24H22N4O5S2. The van der Waals surface area contributed by atoms with Gasteiger partial charge in [-0.3, -0.25) is 0 Å². The Morgan fingerprint density at radius 2 is 2.09 bits per heavy atom. The lowest BCUT2D eigenvalue weighted by Crippen LogP contribution is -2.34. The first-order valence-corrected chi connectivity index (χ1v) is 13.4. The first-order valence-electron chi connectivity index (χ1n) is 11.1. The summed E-state index contributed by atoms with van der Waals surface area (Å²) < 4.78 is 33.6. The number of ether oxygens (including phenoxy) is 1. The second kappa shape index (κ2) is 9.39. The van der Waals surface area contributed by atoms with Gasteiger partial charge >= 0.3 is 6.03 Å². The van der Waals surface area contributed by atoms with E-state index in [4.69, 9.17) is 4.74 Å². The molecule has 1 aliphatic carbocycles. The molecule has 1 aliphatic heterocycles. The molecule has 2 aliphatic rings. The number of sulfonamides is 1. The number of amides is 2. The topological polar surface area (TPSA) is 141 Å². The van der Waals surface area contributed by atoms with Crippen molar-refractivity contribution in [1.82, 2.24) is 9.71 Å². The van der Waals surface area contributed by atoms with Gasteiger partial charge in [0, 0.05) is 16.6 Å². The van der Waals surface area contributed by atoms with Crippen LogP contribution < -0.4 is 10.0 Å². The van der Waals surface area contributed by atoms with Crippen LogP contribution >= 0.6 is 11.3 Å². The largest absolute Gasteiger partial charge is 0.393 e. The van der Waals surface area contributed by atoms with Gasteiger partial charge < -0.3 is 15.2 Å². The maximum atomic E-state index is 13.0. The minimum absolute atomic E-state index is 0.00657. The Morgan fingerprint density at radius 1 is 1.23 bits per heavy atom. The molecule has 180 valence electrons. The third-order valence-electron chi connectivity index (χ3n) is 6.17. The first kappa shape index (κ1) is 23.4. The summed E-state index contributed by atoms with van der Waals surface area (Å²) in [5.41, 5.74) is 5.02. The molecule has 0 fully saturated rings. The normalized spacial score (nSPS) is 16.7. The van der Waals surface area contributed by atoms with Crippen molar-refractivity contribution in [2.75, 3.05) is 18.5 Å². The SMILES string of the molecule is N#Cc1cc(-c2ccc3c(c2NC(=O)NS(=O)(=O)c2cc4c(s2)C(CO)OCC4)CCC3)ccn1. The molecule has 3 aromatic rings. The number of rotatable bonds is 5. The Balaban J connectivity index is 1.44. The van der Waals surface area contributed by atoms with E-state index in [9.17, 15) is 23.6 Å². The zero-order chi connectivity index (χ0) is 24.6. The van der Waals surface area contributed by atoms with Crippen molar-refractivity contribution >= 4 is 33.1 Å². The summed E-state index contributed by atoms with van der Waals surface area (Å²) in [6.07, 6.45) is 4.06. The van der Waals surface area contributed by atoms with Gasteiger partial charge in [-0.1, -0.05) is 12.1 Å². The average molecular weight is 511 g/mol. The zero-order valence-corrected chi connectivity index (χ0v) is 20.2. The van der Waals surface area contributed by atoms with Crippen LogP contribution in [0.4, 0.5) is 10.5 Å². The second-order valence-electron chi connectivity index (χ2n) is 8.33. The van der Waals surface area contributed by atoms with E-state index in [-0.39, 0.29) is 16.5 Å². The number of pyridine rings is 1. The molecule has 3 N–H and O–H groups in total. The van der Waals surface area contributed by atoms with Crippen molar-refractivity contribution in [3.8, 4) is 17.2 Å².